The van der Waals surface area contributed by atoms with E-state index in [0.717, 1.165) is 44.7 Å². The van der Waals surface area contributed by atoms with Gasteiger partial charge in [-0.15, -0.1) is 0 Å². The summed E-state index contributed by atoms with van der Waals surface area (Å²) in [4.78, 5) is 34.1. The number of anilines is 2. The number of benzene rings is 1. The van der Waals surface area contributed by atoms with Crippen LogP contribution in [0.3, 0.4) is 0 Å². The van der Waals surface area contributed by atoms with Crippen LogP contribution in [0.1, 0.15) is 48.4 Å². The van der Waals surface area contributed by atoms with Gasteiger partial charge in [0.05, 0.1) is 17.8 Å². The van der Waals surface area contributed by atoms with Crippen molar-refractivity contribution in [1.82, 2.24) is 33.7 Å². The third-order valence-electron chi connectivity index (χ3n) is 8.24. The van der Waals surface area contributed by atoms with Gasteiger partial charge in [0.25, 0.3) is 5.56 Å². The molecule has 11 heteroatoms. The Labute approximate surface area is 261 Å². The van der Waals surface area contributed by atoms with E-state index in [9.17, 15) is 4.79 Å². The predicted octanol–water partition coefficient (Wildman–Crippen LogP) is 5.18. The molecule has 2 aliphatic rings. The molecular weight excluding hydrogens is 580 g/mol. The molecule has 43 heavy (non-hydrogen) atoms. The van der Waals surface area contributed by atoms with Gasteiger partial charge >= 0.3 is 0 Å². The smallest absolute Gasteiger partial charge is 0.268 e. The zero-order chi connectivity index (χ0) is 29.8. The fourth-order valence-corrected chi connectivity index (χ4v) is 6.57. The number of nitrogens with one attached hydrogen (secondary N) is 1. The summed E-state index contributed by atoms with van der Waals surface area (Å²) in [6, 6.07) is 10.3. The van der Waals surface area contributed by atoms with Crippen molar-refractivity contribution in [3.63, 3.8) is 0 Å². The van der Waals surface area contributed by atoms with Crippen molar-refractivity contribution in [3.05, 3.63) is 81.3 Å². The number of likely N-dealkylation sites (tertiary alicyclic amines) is 1. The molecule has 1 aromatic carbocycles. The summed E-state index contributed by atoms with van der Waals surface area (Å²) >= 11 is 8.12. The van der Waals surface area contributed by atoms with E-state index in [0.29, 0.717) is 34.2 Å². The van der Waals surface area contributed by atoms with Crippen molar-refractivity contribution in [3.8, 4) is 11.8 Å². The Kier molecular flexibility index (Phi) is 9.24. The van der Waals surface area contributed by atoms with E-state index in [1.165, 1.54) is 24.6 Å². The molecule has 4 aromatic rings. The maximum atomic E-state index is 13.8. The fourth-order valence-electron chi connectivity index (χ4n) is 5.83. The zero-order valence-corrected chi connectivity index (χ0v) is 26.0. The van der Waals surface area contributed by atoms with Gasteiger partial charge in [0.1, 0.15) is 5.65 Å². The molecule has 5 heterocycles. The predicted molar refractivity (Wildman–Crippen MR) is 174 cm³/mol. The number of nitrogens with zero attached hydrogens (tertiary/aromatic N) is 7. The largest absolute Gasteiger partial charge is 0.324 e. The lowest BCUT2D eigenvalue weighted by atomic mass is 9.91. The van der Waals surface area contributed by atoms with Crippen LogP contribution in [0.25, 0.3) is 11.0 Å². The van der Waals surface area contributed by atoms with Crippen molar-refractivity contribution < 1.29 is 0 Å². The Bertz CT molecular complexity index is 1710. The molecule has 0 saturated carbocycles. The monoisotopic (exact) mass is 614 g/mol. The van der Waals surface area contributed by atoms with Gasteiger partial charge in [-0.2, -0.15) is 4.98 Å². The number of piperidine rings is 2. The highest BCUT2D eigenvalue weighted by Crippen LogP contribution is 2.28. The van der Waals surface area contributed by atoms with Crippen LogP contribution < -0.4 is 10.9 Å². The lowest BCUT2D eigenvalue weighted by Crippen LogP contribution is -2.30. The van der Waals surface area contributed by atoms with Crippen molar-refractivity contribution in [2.24, 2.45) is 5.92 Å². The highest BCUT2D eigenvalue weighted by molar-refractivity contribution is 7.96. The maximum absolute atomic E-state index is 13.8. The molecule has 222 valence electrons. The number of hydrogen-bond acceptors (Lipinski definition) is 9. The van der Waals surface area contributed by atoms with E-state index in [2.05, 4.69) is 78.9 Å². The minimum Gasteiger partial charge on any atom is -0.324 e. The Morgan fingerprint density at radius 1 is 1.07 bits per heavy atom. The van der Waals surface area contributed by atoms with Crippen LogP contribution in [0, 0.1) is 17.8 Å². The second kappa shape index (κ2) is 13.4. The first-order valence-electron chi connectivity index (χ1n) is 14.7. The van der Waals surface area contributed by atoms with E-state index < -0.39 is 0 Å². The molecule has 0 amide bonds. The molecule has 6 rings (SSSR count). The van der Waals surface area contributed by atoms with E-state index >= 15 is 0 Å². The number of fused-ring (bicyclic) bond motifs is 1. The van der Waals surface area contributed by atoms with Gasteiger partial charge in [-0.3, -0.25) is 18.7 Å². The molecule has 2 fully saturated rings. The normalized spacial score (nSPS) is 18.3. The Morgan fingerprint density at radius 2 is 1.86 bits per heavy atom. The molecule has 0 radical (unpaired) electrons. The van der Waals surface area contributed by atoms with E-state index in [1.54, 1.807) is 35.0 Å². The van der Waals surface area contributed by atoms with Crippen LogP contribution in [-0.2, 0) is 6.54 Å². The lowest BCUT2D eigenvalue weighted by molar-refractivity contribution is 0.251. The molecule has 9 nitrogen and oxygen atoms in total. The fraction of sp³-hybridized carbons (Fsp3) is 0.406. The summed E-state index contributed by atoms with van der Waals surface area (Å²) in [5.74, 6) is 7.75. The molecule has 0 spiro atoms. The van der Waals surface area contributed by atoms with Crippen LogP contribution in [0.5, 0.6) is 0 Å². The SMILES string of the molecule is CSN1CCC(C#Cc2cc3cnc(Nc4ccc(C5CCCN(C)C5)cc4)nc3n(Cc3nccnc3Cl)c2=O)CC1. The van der Waals surface area contributed by atoms with Crippen molar-refractivity contribution >= 4 is 46.2 Å². The Balaban J connectivity index is 1.30. The molecule has 1 atom stereocenters. The molecule has 0 aliphatic carbocycles. The van der Waals surface area contributed by atoms with Crippen molar-refractivity contribution in [2.45, 2.75) is 38.1 Å². The number of halogens is 1. The van der Waals surface area contributed by atoms with Crippen LogP contribution in [0.2, 0.25) is 5.15 Å². The van der Waals surface area contributed by atoms with Gasteiger partial charge < -0.3 is 10.2 Å². The average Bonchev–Trinajstić information content (AvgIpc) is 3.03. The number of rotatable bonds is 6. The second-order valence-corrected chi connectivity index (χ2v) is 12.5. The number of pyridine rings is 1. The first-order chi connectivity index (χ1) is 21.0. The highest BCUT2D eigenvalue weighted by Gasteiger charge is 2.20. The van der Waals surface area contributed by atoms with Gasteiger partial charge in [0.2, 0.25) is 5.95 Å². The molecule has 0 bridgehead atoms. The van der Waals surface area contributed by atoms with E-state index in [1.807, 2.05) is 0 Å². The van der Waals surface area contributed by atoms with Crippen LogP contribution in [0.15, 0.2) is 53.7 Å². The van der Waals surface area contributed by atoms with Gasteiger partial charge in [-0.1, -0.05) is 47.5 Å². The summed E-state index contributed by atoms with van der Waals surface area (Å²) in [6.45, 7) is 4.35. The summed E-state index contributed by atoms with van der Waals surface area (Å²) in [5, 5.41) is 4.27. The quantitative estimate of drug-likeness (QED) is 0.233. The molecule has 1 unspecified atom stereocenters. The third kappa shape index (κ3) is 7.02. The first-order valence-corrected chi connectivity index (χ1v) is 16.2. The standard InChI is InChI=1S/C32H35ClN8OS/c1-39-15-3-4-25(20-39)23-7-9-27(10-8-23)37-32-36-19-26-18-24(6-5-22-11-16-40(43-2)17-12-22)31(42)41(30(26)38-32)21-28-29(33)35-14-13-34-28/h7-10,13-14,18-19,22,25H,3-4,11-12,15-17,20-21H2,1-2H3,(H,36,37,38). The van der Waals surface area contributed by atoms with Crippen molar-refractivity contribution in [2.75, 3.05) is 44.8 Å². The Hall–Kier alpha value is -3.49. The average molecular weight is 615 g/mol. The lowest BCUT2D eigenvalue weighted by Gasteiger charge is -2.30. The number of hydrogen-bond donors (Lipinski definition) is 1. The van der Waals surface area contributed by atoms with Gasteiger partial charge in [-0.05, 0) is 75.2 Å². The van der Waals surface area contributed by atoms with Crippen molar-refractivity contribution in [1.29, 1.82) is 0 Å². The van der Waals surface area contributed by atoms with Crippen LogP contribution >= 0.6 is 23.5 Å². The maximum Gasteiger partial charge on any atom is 0.268 e. The topological polar surface area (TPSA) is 92.1 Å². The summed E-state index contributed by atoms with van der Waals surface area (Å²) in [5.41, 5.74) is 3.36. The van der Waals surface area contributed by atoms with Crippen LogP contribution in [0.4, 0.5) is 11.6 Å². The zero-order valence-electron chi connectivity index (χ0n) is 24.5. The minimum atomic E-state index is -0.241. The molecule has 3 aromatic heterocycles. The molecular formula is C32H35ClN8OS. The molecule has 1 N–H and O–H groups in total. The summed E-state index contributed by atoms with van der Waals surface area (Å²) in [7, 11) is 2.18. The van der Waals surface area contributed by atoms with E-state index in [4.69, 9.17) is 16.6 Å². The van der Waals surface area contributed by atoms with Gasteiger partial charge in [0, 0.05) is 55.2 Å². The van der Waals surface area contributed by atoms with Gasteiger partial charge in [-0.25, -0.2) is 9.97 Å². The number of aromatic nitrogens is 5. The minimum absolute atomic E-state index is 0.116. The molecule has 2 aliphatic heterocycles. The second-order valence-electron chi connectivity index (χ2n) is 11.2. The highest BCUT2D eigenvalue weighted by atomic mass is 35.5. The number of likely N-dealkylation sites (N-methyl/N-ethyl adjacent to an activating group) is 1. The summed E-state index contributed by atoms with van der Waals surface area (Å²) in [6.07, 6.45) is 11.3. The van der Waals surface area contributed by atoms with Gasteiger partial charge in [0.15, 0.2) is 5.15 Å². The summed E-state index contributed by atoms with van der Waals surface area (Å²) < 4.78 is 3.92. The van der Waals surface area contributed by atoms with E-state index in [-0.39, 0.29) is 23.2 Å². The molecule has 2 saturated heterocycles. The van der Waals surface area contributed by atoms with Crippen LogP contribution in [-0.4, -0.2) is 73.2 Å². The first kappa shape index (κ1) is 29.6. The third-order valence-corrected chi connectivity index (χ3v) is 9.44. The Morgan fingerprint density at radius 3 is 2.60 bits per heavy atom.